The monoisotopic (exact) mass is 236 g/mol. The van der Waals surface area contributed by atoms with E-state index in [0.717, 1.165) is 12.8 Å². The van der Waals surface area contributed by atoms with E-state index in [1.807, 2.05) is 0 Å². The molecular weight excluding hydrogens is 216 g/mol. The maximum Gasteiger partial charge on any atom is 0.242 e. The molecule has 2 rings (SSSR count). The molecule has 1 unspecified atom stereocenters. The molecule has 5 heteroatoms. The second kappa shape index (κ2) is 4.39. The van der Waals surface area contributed by atoms with Crippen LogP contribution in [-0.2, 0) is 0 Å². The van der Waals surface area contributed by atoms with E-state index in [9.17, 15) is 0 Å². The molecule has 5 nitrogen and oxygen atoms in total. The van der Waals surface area contributed by atoms with E-state index in [2.05, 4.69) is 29.1 Å². The normalized spacial score (nSPS) is 22.4. The lowest BCUT2D eigenvalue weighted by Gasteiger charge is -2.19. The van der Waals surface area contributed by atoms with Crippen LogP contribution < -0.4 is 15.8 Å². The van der Waals surface area contributed by atoms with Crippen molar-refractivity contribution in [3.8, 4) is 5.88 Å². The number of nitrogens with two attached hydrogens (primary N) is 1. The predicted molar refractivity (Wildman–Crippen MR) is 68.0 cm³/mol. The molecule has 0 amide bonds. The highest BCUT2D eigenvalue weighted by Gasteiger charge is 2.31. The van der Waals surface area contributed by atoms with Gasteiger partial charge < -0.3 is 15.8 Å². The number of hydrogen-bond acceptors (Lipinski definition) is 5. The molecule has 0 aliphatic heterocycles. The van der Waals surface area contributed by atoms with Gasteiger partial charge in [0.05, 0.1) is 7.11 Å². The van der Waals surface area contributed by atoms with Crippen LogP contribution in [0.25, 0.3) is 0 Å². The Morgan fingerprint density at radius 1 is 1.47 bits per heavy atom. The summed E-state index contributed by atoms with van der Waals surface area (Å²) in [6.07, 6.45) is 4.99. The van der Waals surface area contributed by atoms with Gasteiger partial charge in [0.2, 0.25) is 5.88 Å². The van der Waals surface area contributed by atoms with Crippen molar-refractivity contribution >= 4 is 11.5 Å². The van der Waals surface area contributed by atoms with Crippen molar-refractivity contribution in [3.05, 3.63) is 6.33 Å². The van der Waals surface area contributed by atoms with E-state index in [1.165, 1.54) is 12.7 Å². The van der Waals surface area contributed by atoms with Crippen molar-refractivity contribution in [2.24, 2.45) is 5.41 Å². The molecule has 1 aliphatic rings. The summed E-state index contributed by atoms with van der Waals surface area (Å²) in [7, 11) is 1.56. The Morgan fingerprint density at radius 3 is 2.82 bits per heavy atom. The van der Waals surface area contributed by atoms with Gasteiger partial charge in [-0.2, -0.15) is 4.98 Å². The number of methoxy groups -OCH3 is 1. The van der Waals surface area contributed by atoms with Crippen molar-refractivity contribution in [1.82, 2.24) is 9.97 Å². The van der Waals surface area contributed by atoms with Gasteiger partial charge in [0.15, 0.2) is 5.82 Å². The summed E-state index contributed by atoms with van der Waals surface area (Å²) in [4.78, 5) is 8.13. The quantitative estimate of drug-likeness (QED) is 0.840. The smallest absolute Gasteiger partial charge is 0.242 e. The van der Waals surface area contributed by atoms with E-state index >= 15 is 0 Å². The largest absolute Gasteiger partial charge is 0.479 e. The van der Waals surface area contributed by atoms with E-state index in [-0.39, 0.29) is 0 Å². The first-order chi connectivity index (χ1) is 8.02. The topological polar surface area (TPSA) is 73.1 Å². The fraction of sp³-hybridized carbons (Fsp3) is 0.667. The van der Waals surface area contributed by atoms with Gasteiger partial charge in [-0.25, -0.2) is 4.98 Å². The van der Waals surface area contributed by atoms with E-state index in [4.69, 9.17) is 10.5 Å². The van der Waals surface area contributed by atoms with Gasteiger partial charge in [-0.3, -0.25) is 0 Å². The van der Waals surface area contributed by atoms with Gasteiger partial charge in [-0.05, 0) is 24.7 Å². The zero-order valence-corrected chi connectivity index (χ0v) is 10.7. The molecule has 0 spiro atoms. The third-order valence-electron chi connectivity index (χ3n) is 3.35. The molecule has 0 bridgehead atoms. The molecular formula is C12H20N4O. The standard InChI is InChI=1S/C12H20N4O/c1-12(2)5-4-8(6-12)16-10-9(13)11(17-3)15-7-14-10/h7-8H,4-6,13H2,1-3H3,(H,14,15,16). The van der Waals surface area contributed by atoms with Crippen molar-refractivity contribution < 1.29 is 4.74 Å². The van der Waals surface area contributed by atoms with Crippen molar-refractivity contribution in [2.75, 3.05) is 18.2 Å². The van der Waals surface area contributed by atoms with E-state index < -0.39 is 0 Å². The molecule has 1 heterocycles. The molecule has 1 saturated carbocycles. The van der Waals surface area contributed by atoms with Crippen molar-refractivity contribution in [1.29, 1.82) is 0 Å². The summed E-state index contributed by atoms with van der Waals surface area (Å²) in [5.74, 6) is 1.11. The molecule has 0 radical (unpaired) electrons. The summed E-state index contributed by atoms with van der Waals surface area (Å²) in [5, 5.41) is 3.38. The van der Waals surface area contributed by atoms with Crippen LogP contribution in [0.4, 0.5) is 11.5 Å². The summed E-state index contributed by atoms with van der Waals surface area (Å²) >= 11 is 0. The number of aromatic nitrogens is 2. The van der Waals surface area contributed by atoms with E-state index in [0.29, 0.717) is 28.8 Å². The average Bonchev–Trinajstić information content (AvgIpc) is 2.61. The Bertz CT molecular complexity index is 405. The minimum atomic E-state index is 0.406. The first-order valence-electron chi connectivity index (χ1n) is 5.93. The van der Waals surface area contributed by atoms with Crippen molar-refractivity contribution in [3.63, 3.8) is 0 Å². The highest BCUT2D eigenvalue weighted by molar-refractivity contribution is 5.66. The number of anilines is 2. The van der Waals surface area contributed by atoms with Gasteiger partial charge in [-0.1, -0.05) is 13.8 Å². The molecule has 0 saturated heterocycles. The van der Waals surface area contributed by atoms with Crippen molar-refractivity contribution in [2.45, 2.75) is 39.2 Å². The zero-order valence-electron chi connectivity index (χ0n) is 10.7. The van der Waals surface area contributed by atoms with Crippen LogP contribution in [0.3, 0.4) is 0 Å². The Balaban J connectivity index is 2.09. The summed E-state index contributed by atoms with van der Waals surface area (Å²) in [5.41, 5.74) is 6.82. The molecule has 17 heavy (non-hydrogen) atoms. The molecule has 1 aromatic rings. The Hall–Kier alpha value is -1.52. The predicted octanol–water partition coefficient (Wildman–Crippen LogP) is 2.06. The van der Waals surface area contributed by atoms with Gasteiger partial charge in [0, 0.05) is 6.04 Å². The van der Waals surface area contributed by atoms with Gasteiger partial charge in [0.1, 0.15) is 12.0 Å². The average molecular weight is 236 g/mol. The lowest BCUT2D eigenvalue weighted by atomic mass is 9.92. The third-order valence-corrected chi connectivity index (χ3v) is 3.35. The highest BCUT2D eigenvalue weighted by atomic mass is 16.5. The second-order valence-corrected chi connectivity index (χ2v) is 5.39. The molecule has 0 aromatic carbocycles. The fourth-order valence-electron chi connectivity index (χ4n) is 2.41. The van der Waals surface area contributed by atoms with E-state index in [1.54, 1.807) is 7.11 Å². The number of nitrogens with zero attached hydrogens (tertiary/aromatic N) is 2. The zero-order chi connectivity index (χ0) is 12.5. The molecule has 1 fully saturated rings. The summed E-state index contributed by atoms with van der Waals surface area (Å²) < 4.78 is 5.07. The Kier molecular flexibility index (Phi) is 3.09. The fourth-order valence-corrected chi connectivity index (χ4v) is 2.41. The van der Waals surface area contributed by atoms with Crippen LogP contribution in [0.2, 0.25) is 0 Å². The summed E-state index contributed by atoms with van der Waals surface area (Å²) in [6.45, 7) is 4.58. The van der Waals surface area contributed by atoms with Crippen LogP contribution in [-0.4, -0.2) is 23.1 Å². The van der Waals surface area contributed by atoms with Gasteiger partial charge in [-0.15, -0.1) is 0 Å². The molecule has 94 valence electrons. The number of nitrogens with one attached hydrogen (secondary N) is 1. The van der Waals surface area contributed by atoms with Gasteiger partial charge in [0.25, 0.3) is 0 Å². The van der Waals surface area contributed by atoms with Crippen LogP contribution in [0.1, 0.15) is 33.1 Å². The van der Waals surface area contributed by atoms with Crippen LogP contribution in [0, 0.1) is 5.41 Å². The van der Waals surface area contributed by atoms with Crippen LogP contribution in [0.15, 0.2) is 6.33 Å². The first kappa shape index (κ1) is 12.0. The Labute approximate surface area is 102 Å². The minimum absolute atomic E-state index is 0.406. The molecule has 1 aromatic heterocycles. The minimum Gasteiger partial charge on any atom is -0.479 e. The molecule has 3 N–H and O–H groups in total. The van der Waals surface area contributed by atoms with Crippen LogP contribution in [0.5, 0.6) is 5.88 Å². The first-order valence-corrected chi connectivity index (χ1v) is 5.93. The third kappa shape index (κ3) is 2.60. The Morgan fingerprint density at radius 2 is 2.24 bits per heavy atom. The number of ether oxygens (including phenoxy) is 1. The second-order valence-electron chi connectivity index (χ2n) is 5.39. The highest BCUT2D eigenvalue weighted by Crippen LogP contribution is 2.39. The number of rotatable bonds is 3. The van der Waals surface area contributed by atoms with Gasteiger partial charge >= 0.3 is 0 Å². The molecule has 1 aliphatic carbocycles. The molecule has 1 atom stereocenters. The summed E-state index contributed by atoms with van der Waals surface area (Å²) in [6, 6.07) is 0.437. The lowest BCUT2D eigenvalue weighted by molar-refractivity contribution is 0.378. The van der Waals surface area contributed by atoms with Crippen LogP contribution >= 0.6 is 0 Å². The number of nitrogen functional groups attached to an aromatic ring is 1. The maximum atomic E-state index is 5.93. The lowest BCUT2D eigenvalue weighted by Crippen LogP contribution is -2.19. The number of hydrogen-bond donors (Lipinski definition) is 2. The maximum absolute atomic E-state index is 5.93. The SMILES string of the molecule is COc1ncnc(NC2CCC(C)(C)C2)c1N.